The molecule has 0 bridgehead atoms. The fraction of sp³-hybridized carbons (Fsp3) is 0.182. The maximum Gasteiger partial charge on any atom is 0.168 e. The molecule has 2 aromatic heterocycles. The van der Waals surface area contributed by atoms with Gasteiger partial charge in [-0.3, -0.25) is 0 Å². The van der Waals surface area contributed by atoms with E-state index in [1.165, 1.54) is 4.88 Å². The van der Waals surface area contributed by atoms with Gasteiger partial charge in [-0.1, -0.05) is 6.07 Å². The van der Waals surface area contributed by atoms with E-state index in [-0.39, 0.29) is 0 Å². The quantitative estimate of drug-likeness (QED) is 0.799. The van der Waals surface area contributed by atoms with Crippen LogP contribution in [0.1, 0.15) is 0 Å². The van der Waals surface area contributed by atoms with Crippen LogP contribution in [0.5, 0.6) is 5.75 Å². The van der Waals surface area contributed by atoms with E-state index >= 15 is 0 Å². The molecule has 3 nitrogen and oxygen atoms in total. The number of hydrogen-bond donors (Lipinski definition) is 1. The normalized spacial score (nSPS) is 13.9. The van der Waals surface area contributed by atoms with Crippen LogP contribution in [0.4, 0.5) is 5.82 Å². The lowest BCUT2D eigenvalue weighted by molar-refractivity contribution is 0.321. The third-order valence-corrected chi connectivity index (χ3v) is 3.23. The summed E-state index contributed by atoms with van der Waals surface area (Å²) in [6, 6.07) is 6.17. The van der Waals surface area contributed by atoms with Crippen LogP contribution in [0.15, 0.2) is 29.8 Å². The Balaban J connectivity index is 2.04. The van der Waals surface area contributed by atoms with Gasteiger partial charge < -0.3 is 10.1 Å². The number of aromatic nitrogens is 1. The molecule has 4 heteroatoms. The van der Waals surface area contributed by atoms with Crippen LogP contribution in [0.3, 0.4) is 0 Å². The maximum atomic E-state index is 5.54. The molecule has 0 spiro atoms. The summed E-state index contributed by atoms with van der Waals surface area (Å²) in [6.45, 7) is 1.54. The van der Waals surface area contributed by atoms with E-state index in [0.717, 1.165) is 23.7 Å². The van der Waals surface area contributed by atoms with Crippen molar-refractivity contribution in [2.75, 3.05) is 18.5 Å². The van der Waals surface area contributed by atoms with Gasteiger partial charge in [0.2, 0.25) is 0 Å². The lowest BCUT2D eigenvalue weighted by atomic mass is 10.2. The number of anilines is 1. The molecule has 3 rings (SSSR count). The summed E-state index contributed by atoms with van der Waals surface area (Å²) in [4.78, 5) is 5.57. The van der Waals surface area contributed by atoms with Crippen molar-refractivity contribution in [1.29, 1.82) is 0 Å². The zero-order valence-corrected chi connectivity index (χ0v) is 8.88. The number of ether oxygens (including phenoxy) is 1. The standard InChI is InChI=1S/C11H10N2OS/c1-2-10(15-5-1)8-6-9-11(13-7-8)12-3-4-14-9/h1-2,5-7H,3-4H2,(H,12,13). The van der Waals surface area contributed by atoms with Crippen LogP contribution in [-0.4, -0.2) is 18.1 Å². The van der Waals surface area contributed by atoms with E-state index in [2.05, 4.69) is 21.7 Å². The fourth-order valence-electron chi connectivity index (χ4n) is 1.60. The molecule has 76 valence electrons. The first-order valence-corrected chi connectivity index (χ1v) is 5.72. The average molecular weight is 218 g/mol. The van der Waals surface area contributed by atoms with Gasteiger partial charge in [0.15, 0.2) is 11.6 Å². The molecular formula is C11H10N2OS. The molecule has 0 aliphatic carbocycles. The number of hydrogen-bond acceptors (Lipinski definition) is 4. The molecule has 1 aliphatic rings. The summed E-state index contributed by atoms with van der Waals surface area (Å²) in [7, 11) is 0. The SMILES string of the molecule is c1csc(-c2cnc3c(c2)OCCN3)c1. The largest absolute Gasteiger partial charge is 0.488 e. The number of nitrogens with zero attached hydrogens (tertiary/aromatic N) is 1. The topological polar surface area (TPSA) is 34.1 Å². The van der Waals surface area contributed by atoms with Crippen molar-refractivity contribution < 1.29 is 4.74 Å². The number of nitrogens with one attached hydrogen (secondary N) is 1. The summed E-state index contributed by atoms with van der Waals surface area (Å²) in [6.07, 6.45) is 1.88. The highest BCUT2D eigenvalue weighted by Gasteiger charge is 2.12. The van der Waals surface area contributed by atoms with Gasteiger partial charge in [-0.25, -0.2) is 4.98 Å². The molecule has 3 heterocycles. The smallest absolute Gasteiger partial charge is 0.168 e. The number of pyridine rings is 1. The van der Waals surface area contributed by atoms with E-state index in [4.69, 9.17) is 4.74 Å². The molecule has 2 aromatic rings. The molecule has 1 aliphatic heterocycles. The third kappa shape index (κ3) is 1.57. The van der Waals surface area contributed by atoms with E-state index < -0.39 is 0 Å². The van der Waals surface area contributed by atoms with Gasteiger partial charge in [-0.15, -0.1) is 11.3 Å². The summed E-state index contributed by atoms with van der Waals surface area (Å²) >= 11 is 1.71. The minimum atomic E-state index is 0.711. The number of rotatable bonds is 1. The Bertz CT molecular complexity index is 467. The third-order valence-electron chi connectivity index (χ3n) is 2.31. The second-order valence-corrected chi connectivity index (χ2v) is 4.27. The summed E-state index contributed by atoms with van der Waals surface area (Å²) < 4.78 is 5.54. The van der Waals surface area contributed by atoms with Crippen molar-refractivity contribution in [3.05, 3.63) is 29.8 Å². The fourth-order valence-corrected chi connectivity index (χ4v) is 2.30. The molecular weight excluding hydrogens is 208 g/mol. The van der Waals surface area contributed by atoms with Gasteiger partial charge in [-0.05, 0) is 17.5 Å². The predicted octanol–water partition coefficient (Wildman–Crippen LogP) is 2.61. The van der Waals surface area contributed by atoms with E-state index in [0.29, 0.717) is 6.61 Å². The Kier molecular flexibility index (Phi) is 2.07. The number of fused-ring (bicyclic) bond motifs is 1. The Morgan fingerprint density at radius 2 is 2.47 bits per heavy atom. The molecule has 15 heavy (non-hydrogen) atoms. The Morgan fingerprint density at radius 1 is 1.47 bits per heavy atom. The Hall–Kier alpha value is -1.55. The first kappa shape index (κ1) is 8.73. The van der Waals surface area contributed by atoms with E-state index in [9.17, 15) is 0 Å². The maximum absolute atomic E-state index is 5.54. The van der Waals surface area contributed by atoms with Gasteiger partial charge >= 0.3 is 0 Å². The van der Waals surface area contributed by atoms with Crippen molar-refractivity contribution >= 4 is 17.2 Å². The van der Waals surface area contributed by atoms with Crippen LogP contribution in [0.2, 0.25) is 0 Å². The highest BCUT2D eigenvalue weighted by molar-refractivity contribution is 7.13. The van der Waals surface area contributed by atoms with Crippen molar-refractivity contribution in [1.82, 2.24) is 4.98 Å². The van der Waals surface area contributed by atoms with Crippen LogP contribution >= 0.6 is 11.3 Å². The van der Waals surface area contributed by atoms with Gasteiger partial charge in [0, 0.05) is 16.6 Å². The lowest BCUT2D eigenvalue weighted by Gasteiger charge is -2.18. The summed E-state index contributed by atoms with van der Waals surface area (Å²) in [5, 5.41) is 5.27. The van der Waals surface area contributed by atoms with Crippen molar-refractivity contribution in [2.45, 2.75) is 0 Å². The minimum Gasteiger partial charge on any atom is -0.488 e. The van der Waals surface area contributed by atoms with Crippen LogP contribution in [0, 0.1) is 0 Å². The van der Waals surface area contributed by atoms with Crippen LogP contribution < -0.4 is 10.1 Å². The van der Waals surface area contributed by atoms with Crippen molar-refractivity contribution in [3.63, 3.8) is 0 Å². The molecule has 0 atom stereocenters. The van der Waals surface area contributed by atoms with Crippen LogP contribution in [-0.2, 0) is 0 Å². The Labute approximate surface area is 91.7 Å². The molecule has 0 fully saturated rings. The molecule has 1 N–H and O–H groups in total. The minimum absolute atomic E-state index is 0.711. The molecule has 0 saturated heterocycles. The van der Waals surface area contributed by atoms with E-state index in [1.54, 1.807) is 11.3 Å². The zero-order chi connectivity index (χ0) is 10.1. The lowest BCUT2D eigenvalue weighted by Crippen LogP contribution is -2.18. The Morgan fingerprint density at radius 3 is 3.33 bits per heavy atom. The molecule has 0 radical (unpaired) electrons. The number of thiophene rings is 1. The van der Waals surface area contributed by atoms with E-state index in [1.807, 2.05) is 18.3 Å². The van der Waals surface area contributed by atoms with Gasteiger partial charge in [0.1, 0.15) is 6.61 Å². The first-order chi connectivity index (χ1) is 7.43. The predicted molar refractivity (Wildman–Crippen MR) is 61.5 cm³/mol. The molecule has 0 amide bonds. The second kappa shape index (κ2) is 3.55. The molecule has 0 aromatic carbocycles. The average Bonchev–Trinajstić information content (AvgIpc) is 2.82. The second-order valence-electron chi connectivity index (χ2n) is 3.32. The first-order valence-electron chi connectivity index (χ1n) is 4.84. The summed E-state index contributed by atoms with van der Waals surface area (Å²) in [5.74, 6) is 1.70. The van der Waals surface area contributed by atoms with Crippen LogP contribution in [0.25, 0.3) is 10.4 Å². The highest BCUT2D eigenvalue weighted by atomic mass is 32.1. The molecule has 0 unspecified atom stereocenters. The van der Waals surface area contributed by atoms with Gasteiger partial charge in [0.25, 0.3) is 0 Å². The van der Waals surface area contributed by atoms with Gasteiger partial charge in [-0.2, -0.15) is 0 Å². The van der Waals surface area contributed by atoms with Crippen molar-refractivity contribution in [2.24, 2.45) is 0 Å². The van der Waals surface area contributed by atoms with Crippen molar-refractivity contribution in [3.8, 4) is 16.2 Å². The zero-order valence-electron chi connectivity index (χ0n) is 8.06. The highest BCUT2D eigenvalue weighted by Crippen LogP contribution is 2.32. The molecule has 0 saturated carbocycles. The van der Waals surface area contributed by atoms with Gasteiger partial charge in [0.05, 0.1) is 6.54 Å². The summed E-state index contributed by atoms with van der Waals surface area (Å²) in [5.41, 5.74) is 1.12. The monoisotopic (exact) mass is 218 g/mol.